The molecule has 1 fully saturated rings. The fourth-order valence-electron chi connectivity index (χ4n) is 2.84. The lowest BCUT2D eigenvalue weighted by atomic mass is 10.1. The average Bonchev–Trinajstić information content (AvgIpc) is 3.37. The summed E-state index contributed by atoms with van der Waals surface area (Å²) in [5.74, 6) is -0.323. The Hall–Kier alpha value is -2.67. The summed E-state index contributed by atoms with van der Waals surface area (Å²) in [5, 5.41) is 8.04. The van der Waals surface area contributed by atoms with Crippen molar-refractivity contribution in [2.45, 2.75) is 39.0 Å². The van der Waals surface area contributed by atoms with Crippen LogP contribution in [-0.4, -0.2) is 24.4 Å². The predicted octanol–water partition coefficient (Wildman–Crippen LogP) is 3.94. The normalized spacial score (nSPS) is 13.1. The van der Waals surface area contributed by atoms with Gasteiger partial charge in [0.1, 0.15) is 5.00 Å². The van der Waals surface area contributed by atoms with Crippen molar-refractivity contribution in [3.8, 4) is 0 Å². The molecule has 0 unspecified atom stereocenters. The lowest BCUT2D eigenvalue weighted by molar-refractivity contribution is -0.116. The molecule has 27 heavy (non-hydrogen) atoms. The van der Waals surface area contributed by atoms with Crippen LogP contribution in [0.15, 0.2) is 29.6 Å². The first-order valence-corrected chi connectivity index (χ1v) is 9.80. The first-order valence-electron chi connectivity index (χ1n) is 8.92. The smallest absolute Gasteiger partial charge is 0.341 e. The van der Waals surface area contributed by atoms with Crippen LogP contribution in [0.2, 0.25) is 0 Å². The quantitative estimate of drug-likeness (QED) is 0.706. The number of carbonyl (C=O) groups is 3. The SMILES string of the molecule is CCOC(=O)c1c(C2CC2)csc1NC(=O)Cc1ccc(NC(C)=O)cc1. The molecule has 1 aliphatic rings. The third-order valence-corrected chi connectivity index (χ3v) is 5.12. The van der Waals surface area contributed by atoms with E-state index in [-0.39, 0.29) is 24.2 Å². The summed E-state index contributed by atoms with van der Waals surface area (Å²) >= 11 is 1.37. The van der Waals surface area contributed by atoms with Gasteiger partial charge in [-0.2, -0.15) is 0 Å². The van der Waals surface area contributed by atoms with E-state index in [2.05, 4.69) is 10.6 Å². The molecule has 1 aromatic carbocycles. The molecule has 2 N–H and O–H groups in total. The zero-order valence-corrected chi connectivity index (χ0v) is 16.2. The molecule has 0 aliphatic heterocycles. The maximum absolute atomic E-state index is 12.4. The molecule has 0 bridgehead atoms. The van der Waals surface area contributed by atoms with E-state index in [9.17, 15) is 14.4 Å². The highest BCUT2D eigenvalue weighted by Gasteiger charge is 2.32. The second kappa shape index (κ2) is 8.35. The van der Waals surface area contributed by atoms with Crippen molar-refractivity contribution in [3.63, 3.8) is 0 Å². The van der Waals surface area contributed by atoms with Gasteiger partial charge in [-0.05, 0) is 54.3 Å². The molecule has 1 heterocycles. The predicted molar refractivity (Wildman–Crippen MR) is 105 cm³/mol. The van der Waals surface area contributed by atoms with E-state index in [4.69, 9.17) is 4.74 Å². The van der Waals surface area contributed by atoms with Crippen molar-refractivity contribution in [2.75, 3.05) is 17.2 Å². The third-order valence-electron chi connectivity index (χ3n) is 4.21. The highest BCUT2D eigenvalue weighted by molar-refractivity contribution is 7.15. The third kappa shape index (κ3) is 4.95. The van der Waals surface area contributed by atoms with Crippen LogP contribution in [0, 0.1) is 0 Å². The van der Waals surface area contributed by atoms with Gasteiger partial charge < -0.3 is 15.4 Å². The minimum Gasteiger partial charge on any atom is -0.462 e. The Balaban J connectivity index is 1.68. The van der Waals surface area contributed by atoms with Crippen LogP contribution in [-0.2, 0) is 20.7 Å². The molecule has 0 radical (unpaired) electrons. The highest BCUT2D eigenvalue weighted by Crippen LogP contribution is 2.46. The minimum atomic E-state index is -0.379. The van der Waals surface area contributed by atoms with E-state index in [0.29, 0.717) is 28.8 Å². The Labute approximate surface area is 161 Å². The van der Waals surface area contributed by atoms with Crippen LogP contribution in [0.5, 0.6) is 0 Å². The second-order valence-corrected chi connectivity index (χ2v) is 7.37. The summed E-state index contributed by atoms with van der Waals surface area (Å²) in [6.07, 6.45) is 2.31. The van der Waals surface area contributed by atoms with Gasteiger partial charge in [0.05, 0.1) is 18.6 Å². The van der Waals surface area contributed by atoms with Gasteiger partial charge in [-0.1, -0.05) is 12.1 Å². The summed E-state index contributed by atoms with van der Waals surface area (Å²) in [6, 6.07) is 7.09. The van der Waals surface area contributed by atoms with Crippen molar-refractivity contribution in [3.05, 3.63) is 46.3 Å². The van der Waals surface area contributed by atoms with Crippen LogP contribution in [0.25, 0.3) is 0 Å². The van der Waals surface area contributed by atoms with E-state index >= 15 is 0 Å². The first kappa shape index (κ1) is 19.1. The van der Waals surface area contributed by atoms with Crippen LogP contribution < -0.4 is 10.6 Å². The van der Waals surface area contributed by atoms with E-state index in [1.165, 1.54) is 18.3 Å². The number of esters is 1. The zero-order valence-electron chi connectivity index (χ0n) is 15.3. The number of hydrogen-bond acceptors (Lipinski definition) is 5. The number of amides is 2. The first-order chi connectivity index (χ1) is 13.0. The van der Waals surface area contributed by atoms with Crippen molar-refractivity contribution in [1.29, 1.82) is 0 Å². The van der Waals surface area contributed by atoms with Crippen LogP contribution >= 0.6 is 11.3 Å². The Morgan fingerprint density at radius 1 is 1.15 bits per heavy atom. The van der Waals surface area contributed by atoms with Gasteiger partial charge in [0, 0.05) is 12.6 Å². The van der Waals surface area contributed by atoms with E-state index < -0.39 is 0 Å². The monoisotopic (exact) mass is 386 g/mol. The maximum Gasteiger partial charge on any atom is 0.341 e. The summed E-state index contributed by atoms with van der Waals surface area (Å²) in [4.78, 5) is 35.8. The molecule has 0 atom stereocenters. The largest absolute Gasteiger partial charge is 0.462 e. The van der Waals surface area contributed by atoms with Gasteiger partial charge in [0.25, 0.3) is 0 Å². The lowest BCUT2D eigenvalue weighted by Gasteiger charge is -2.09. The van der Waals surface area contributed by atoms with Gasteiger partial charge >= 0.3 is 5.97 Å². The molecule has 3 rings (SSSR count). The molecule has 1 saturated carbocycles. The highest BCUT2D eigenvalue weighted by atomic mass is 32.1. The number of nitrogens with one attached hydrogen (secondary N) is 2. The number of thiophene rings is 1. The van der Waals surface area contributed by atoms with E-state index in [0.717, 1.165) is 24.0 Å². The summed E-state index contributed by atoms with van der Waals surface area (Å²) in [7, 11) is 0. The molecule has 1 aromatic heterocycles. The Morgan fingerprint density at radius 3 is 2.44 bits per heavy atom. The van der Waals surface area contributed by atoms with Gasteiger partial charge in [0.2, 0.25) is 11.8 Å². The molecule has 2 aromatic rings. The molecule has 0 saturated heterocycles. The van der Waals surface area contributed by atoms with Crippen molar-refractivity contribution in [2.24, 2.45) is 0 Å². The number of hydrogen-bond donors (Lipinski definition) is 2. The molecular formula is C20H22N2O4S. The van der Waals surface area contributed by atoms with Gasteiger partial charge in [0.15, 0.2) is 0 Å². The van der Waals surface area contributed by atoms with Crippen LogP contribution in [0.1, 0.15) is 54.1 Å². The molecule has 7 heteroatoms. The second-order valence-electron chi connectivity index (χ2n) is 6.49. The van der Waals surface area contributed by atoms with E-state index in [1.807, 2.05) is 5.38 Å². The summed E-state index contributed by atoms with van der Waals surface area (Å²) in [5.41, 5.74) is 2.98. The number of carbonyl (C=O) groups excluding carboxylic acids is 3. The van der Waals surface area contributed by atoms with Crippen LogP contribution in [0.3, 0.4) is 0 Å². The van der Waals surface area contributed by atoms with Gasteiger partial charge in [-0.25, -0.2) is 4.79 Å². The molecule has 1 aliphatic carbocycles. The van der Waals surface area contributed by atoms with Crippen molar-refractivity contribution < 1.29 is 19.1 Å². The Bertz CT molecular complexity index is 853. The maximum atomic E-state index is 12.4. The van der Waals surface area contributed by atoms with E-state index in [1.54, 1.807) is 31.2 Å². The molecule has 2 amide bonds. The topological polar surface area (TPSA) is 84.5 Å². The average molecular weight is 386 g/mol. The molecule has 0 spiro atoms. The summed E-state index contributed by atoms with van der Waals surface area (Å²) in [6.45, 7) is 3.51. The number of anilines is 2. The number of rotatable bonds is 7. The lowest BCUT2D eigenvalue weighted by Crippen LogP contribution is -2.17. The summed E-state index contributed by atoms with van der Waals surface area (Å²) < 4.78 is 5.17. The Kier molecular flexibility index (Phi) is 5.91. The van der Waals surface area contributed by atoms with Crippen molar-refractivity contribution in [1.82, 2.24) is 0 Å². The fourth-order valence-corrected chi connectivity index (χ4v) is 3.88. The van der Waals surface area contributed by atoms with Gasteiger partial charge in [-0.15, -0.1) is 11.3 Å². The zero-order chi connectivity index (χ0) is 19.4. The standard InChI is InChI=1S/C20H22N2O4S/c1-3-26-20(25)18-16(14-6-7-14)11-27-19(18)22-17(24)10-13-4-8-15(9-5-13)21-12(2)23/h4-5,8-9,11,14H,3,6-7,10H2,1-2H3,(H,21,23)(H,22,24). The number of ether oxygens (including phenoxy) is 1. The fraction of sp³-hybridized carbons (Fsp3) is 0.350. The number of benzene rings is 1. The Morgan fingerprint density at radius 2 is 1.85 bits per heavy atom. The molecular weight excluding hydrogens is 364 g/mol. The molecule has 142 valence electrons. The minimum absolute atomic E-state index is 0.142. The van der Waals surface area contributed by atoms with Crippen molar-refractivity contribution >= 4 is 39.8 Å². The van der Waals surface area contributed by atoms with Crippen LogP contribution in [0.4, 0.5) is 10.7 Å². The molecule has 6 nitrogen and oxygen atoms in total. The van der Waals surface area contributed by atoms with Gasteiger partial charge in [-0.3, -0.25) is 9.59 Å².